The number of nitrogens with two attached hydrogens (primary N) is 1. The monoisotopic (exact) mass is 260 g/mol. The molecule has 5 nitrogen and oxygen atoms in total. The van der Waals surface area contributed by atoms with Crippen LogP contribution in [0.4, 0.5) is 11.4 Å². The quantitative estimate of drug-likeness (QED) is 0.827. The lowest BCUT2D eigenvalue weighted by atomic mass is 10.2. The van der Waals surface area contributed by atoms with E-state index in [-0.39, 0.29) is 0 Å². The summed E-state index contributed by atoms with van der Waals surface area (Å²) in [6.07, 6.45) is 0. The van der Waals surface area contributed by atoms with Gasteiger partial charge in [0.1, 0.15) is 5.75 Å². The predicted molar refractivity (Wildman–Crippen MR) is 77.4 cm³/mol. The number of methoxy groups -OCH3 is 1. The SMILES string of the molecule is COc1cc(NCc2c(C)nn(C)c2C)ccc1N. The molecular weight excluding hydrogens is 240 g/mol. The van der Waals surface area contributed by atoms with E-state index >= 15 is 0 Å². The fourth-order valence-electron chi connectivity index (χ4n) is 2.08. The van der Waals surface area contributed by atoms with Gasteiger partial charge < -0.3 is 15.8 Å². The van der Waals surface area contributed by atoms with Crippen LogP contribution in [0.1, 0.15) is 17.0 Å². The first-order chi connectivity index (χ1) is 9.02. The van der Waals surface area contributed by atoms with E-state index in [9.17, 15) is 0 Å². The Morgan fingerprint density at radius 3 is 2.68 bits per heavy atom. The summed E-state index contributed by atoms with van der Waals surface area (Å²) in [5.74, 6) is 0.685. The normalized spacial score (nSPS) is 10.5. The maximum absolute atomic E-state index is 5.79. The van der Waals surface area contributed by atoms with E-state index < -0.39 is 0 Å². The Labute approximate surface area is 113 Å². The number of rotatable bonds is 4. The zero-order chi connectivity index (χ0) is 14.0. The van der Waals surface area contributed by atoms with Gasteiger partial charge in [0.15, 0.2) is 0 Å². The minimum Gasteiger partial charge on any atom is -0.495 e. The summed E-state index contributed by atoms with van der Waals surface area (Å²) in [5.41, 5.74) is 10.9. The van der Waals surface area contributed by atoms with Crippen LogP contribution in [0.2, 0.25) is 0 Å². The Morgan fingerprint density at radius 1 is 1.37 bits per heavy atom. The molecule has 0 saturated heterocycles. The molecule has 0 unspecified atom stereocenters. The second-order valence-electron chi connectivity index (χ2n) is 4.58. The standard InChI is InChI=1S/C14H20N4O/c1-9-12(10(2)18(3)17-9)8-16-11-5-6-13(15)14(7-11)19-4/h5-7,16H,8,15H2,1-4H3. The molecular formula is C14H20N4O. The van der Waals surface area contributed by atoms with Crippen molar-refractivity contribution < 1.29 is 4.74 Å². The van der Waals surface area contributed by atoms with Crippen molar-refractivity contribution in [1.29, 1.82) is 0 Å². The van der Waals surface area contributed by atoms with Gasteiger partial charge in [-0.15, -0.1) is 0 Å². The van der Waals surface area contributed by atoms with Gasteiger partial charge >= 0.3 is 0 Å². The van der Waals surface area contributed by atoms with Gasteiger partial charge in [-0.05, 0) is 26.0 Å². The van der Waals surface area contributed by atoms with Crippen LogP contribution in [0, 0.1) is 13.8 Å². The first kappa shape index (κ1) is 13.3. The van der Waals surface area contributed by atoms with Gasteiger partial charge in [0.2, 0.25) is 0 Å². The first-order valence-corrected chi connectivity index (χ1v) is 6.19. The van der Waals surface area contributed by atoms with Crippen LogP contribution in [0.15, 0.2) is 18.2 Å². The molecule has 0 radical (unpaired) electrons. The average molecular weight is 260 g/mol. The smallest absolute Gasteiger partial charge is 0.143 e. The lowest BCUT2D eigenvalue weighted by Gasteiger charge is -2.10. The number of hydrogen-bond donors (Lipinski definition) is 2. The van der Waals surface area contributed by atoms with Gasteiger partial charge in [-0.2, -0.15) is 5.10 Å². The van der Waals surface area contributed by atoms with Crippen molar-refractivity contribution >= 4 is 11.4 Å². The molecule has 0 spiro atoms. The third-order valence-corrected chi connectivity index (χ3v) is 3.36. The minimum atomic E-state index is 0.641. The molecule has 0 saturated carbocycles. The molecule has 0 atom stereocenters. The van der Waals surface area contributed by atoms with E-state index in [0.29, 0.717) is 11.4 Å². The van der Waals surface area contributed by atoms with E-state index in [0.717, 1.165) is 17.9 Å². The van der Waals surface area contributed by atoms with Crippen molar-refractivity contribution in [3.05, 3.63) is 35.2 Å². The number of nitrogens with one attached hydrogen (secondary N) is 1. The average Bonchev–Trinajstić information content (AvgIpc) is 2.63. The van der Waals surface area contributed by atoms with Crippen molar-refractivity contribution in [2.24, 2.45) is 7.05 Å². The molecule has 0 amide bonds. The van der Waals surface area contributed by atoms with Gasteiger partial charge in [-0.25, -0.2) is 0 Å². The maximum atomic E-state index is 5.79. The highest BCUT2D eigenvalue weighted by molar-refractivity contribution is 5.61. The number of nitrogens with zero attached hydrogens (tertiary/aromatic N) is 2. The molecule has 1 heterocycles. The lowest BCUT2D eigenvalue weighted by Crippen LogP contribution is -2.03. The third-order valence-electron chi connectivity index (χ3n) is 3.36. The highest BCUT2D eigenvalue weighted by atomic mass is 16.5. The number of anilines is 2. The van der Waals surface area contributed by atoms with Crippen LogP contribution in [-0.4, -0.2) is 16.9 Å². The Morgan fingerprint density at radius 2 is 2.11 bits per heavy atom. The van der Waals surface area contributed by atoms with E-state index in [1.54, 1.807) is 7.11 Å². The van der Waals surface area contributed by atoms with Crippen LogP contribution in [0.3, 0.4) is 0 Å². The van der Waals surface area contributed by atoms with Gasteiger partial charge in [0, 0.05) is 36.6 Å². The number of aryl methyl sites for hydroxylation is 2. The summed E-state index contributed by atoms with van der Waals surface area (Å²) in [7, 11) is 3.57. The lowest BCUT2D eigenvalue weighted by molar-refractivity contribution is 0.417. The van der Waals surface area contributed by atoms with Gasteiger partial charge in [0.25, 0.3) is 0 Å². The third kappa shape index (κ3) is 2.65. The Balaban J connectivity index is 2.14. The topological polar surface area (TPSA) is 65.1 Å². The molecule has 0 aliphatic carbocycles. The van der Waals surface area contributed by atoms with Gasteiger partial charge in [0.05, 0.1) is 18.5 Å². The largest absolute Gasteiger partial charge is 0.495 e. The van der Waals surface area contributed by atoms with Crippen molar-refractivity contribution in [2.45, 2.75) is 20.4 Å². The van der Waals surface area contributed by atoms with Gasteiger partial charge in [-0.3, -0.25) is 4.68 Å². The molecule has 0 bridgehead atoms. The fourth-order valence-corrected chi connectivity index (χ4v) is 2.08. The molecule has 0 aliphatic rings. The number of nitrogen functional groups attached to an aromatic ring is 1. The van der Waals surface area contributed by atoms with Crippen LogP contribution in [0.5, 0.6) is 5.75 Å². The molecule has 2 aromatic rings. The summed E-state index contributed by atoms with van der Waals surface area (Å²) < 4.78 is 7.11. The Kier molecular flexibility index (Phi) is 3.64. The van der Waals surface area contributed by atoms with Crippen LogP contribution in [-0.2, 0) is 13.6 Å². The predicted octanol–water partition coefficient (Wildman–Crippen LogP) is 2.24. The number of benzene rings is 1. The maximum Gasteiger partial charge on any atom is 0.143 e. The number of ether oxygens (including phenoxy) is 1. The second kappa shape index (κ2) is 5.22. The molecule has 0 fully saturated rings. The molecule has 19 heavy (non-hydrogen) atoms. The number of aromatic nitrogens is 2. The zero-order valence-corrected chi connectivity index (χ0v) is 11.8. The Bertz CT molecular complexity index is 589. The molecule has 5 heteroatoms. The molecule has 102 valence electrons. The van der Waals surface area contributed by atoms with Crippen LogP contribution < -0.4 is 15.8 Å². The summed E-state index contributed by atoms with van der Waals surface area (Å²) >= 11 is 0. The minimum absolute atomic E-state index is 0.641. The van der Waals surface area contributed by atoms with Crippen molar-refractivity contribution in [2.75, 3.05) is 18.2 Å². The van der Waals surface area contributed by atoms with E-state index in [4.69, 9.17) is 10.5 Å². The van der Waals surface area contributed by atoms with Crippen molar-refractivity contribution in [3.63, 3.8) is 0 Å². The summed E-state index contributed by atoms with van der Waals surface area (Å²) in [4.78, 5) is 0. The molecule has 2 rings (SSSR count). The fraction of sp³-hybridized carbons (Fsp3) is 0.357. The molecule has 1 aromatic carbocycles. The summed E-state index contributed by atoms with van der Waals surface area (Å²) in [6, 6.07) is 5.68. The van der Waals surface area contributed by atoms with Crippen LogP contribution in [0.25, 0.3) is 0 Å². The molecule has 3 N–H and O–H groups in total. The zero-order valence-electron chi connectivity index (χ0n) is 11.8. The highest BCUT2D eigenvalue weighted by Crippen LogP contribution is 2.25. The highest BCUT2D eigenvalue weighted by Gasteiger charge is 2.09. The van der Waals surface area contributed by atoms with Crippen molar-refractivity contribution in [1.82, 2.24) is 9.78 Å². The second-order valence-corrected chi connectivity index (χ2v) is 4.58. The van der Waals surface area contributed by atoms with E-state index in [1.807, 2.05) is 36.9 Å². The first-order valence-electron chi connectivity index (χ1n) is 6.19. The summed E-state index contributed by atoms with van der Waals surface area (Å²) in [6.45, 7) is 4.83. The number of hydrogen-bond acceptors (Lipinski definition) is 4. The Hall–Kier alpha value is -2.17. The van der Waals surface area contributed by atoms with Crippen LogP contribution >= 0.6 is 0 Å². The van der Waals surface area contributed by atoms with E-state index in [1.165, 1.54) is 11.3 Å². The summed E-state index contributed by atoms with van der Waals surface area (Å²) in [5, 5.41) is 7.77. The van der Waals surface area contributed by atoms with Gasteiger partial charge in [-0.1, -0.05) is 0 Å². The molecule has 1 aromatic heterocycles. The van der Waals surface area contributed by atoms with Crippen molar-refractivity contribution in [3.8, 4) is 5.75 Å². The van der Waals surface area contributed by atoms with E-state index in [2.05, 4.69) is 17.3 Å². The molecule has 0 aliphatic heterocycles.